The number of rotatable bonds is 11. The first-order valence-corrected chi connectivity index (χ1v) is 13.4. The molecule has 5 heteroatoms. The van der Waals surface area contributed by atoms with Crippen molar-refractivity contribution in [1.82, 2.24) is 0 Å². The number of methoxy groups -OCH3 is 2. The first-order chi connectivity index (χ1) is 12.4. The minimum Gasteiger partial charge on any atom is -0.468 e. The summed E-state index contributed by atoms with van der Waals surface area (Å²) in [6.45, 7) is 9.19. The molecule has 0 aromatic rings. The molecule has 1 rings (SSSR count). The summed E-state index contributed by atoms with van der Waals surface area (Å²) in [6.07, 6.45) is 5.89. The zero-order valence-electron chi connectivity index (χ0n) is 17.9. The molecule has 1 saturated carbocycles. The van der Waals surface area contributed by atoms with Crippen LogP contribution in [-0.2, 0) is 19.1 Å². The maximum atomic E-state index is 12.6. The summed E-state index contributed by atoms with van der Waals surface area (Å²) in [5.41, 5.74) is -1.08. The Labute approximate surface area is 161 Å². The van der Waals surface area contributed by atoms with E-state index in [9.17, 15) is 9.59 Å². The van der Waals surface area contributed by atoms with Crippen molar-refractivity contribution in [2.24, 2.45) is 17.3 Å². The fourth-order valence-electron chi connectivity index (χ4n) is 5.09. The van der Waals surface area contributed by atoms with Crippen molar-refractivity contribution in [2.45, 2.75) is 90.4 Å². The topological polar surface area (TPSA) is 52.6 Å². The first kappa shape index (κ1) is 23.2. The van der Waals surface area contributed by atoms with Crippen molar-refractivity contribution in [3.05, 3.63) is 0 Å². The summed E-state index contributed by atoms with van der Waals surface area (Å²) in [4.78, 5) is 25.2. The van der Waals surface area contributed by atoms with Gasteiger partial charge in [-0.2, -0.15) is 0 Å². The molecule has 0 heterocycles. The van der Waals surface area contributed by atoms with E-state index < -0.39 is 25.4 Å². The lowest BCUT2D eigenvalue weighted by Gasteiger charge is -2.33. The fraction of sp³-hybridized carbons (Fsp3) is 0.905. The van der Waals surface area contributed by atoms with Crippen LogP contribution in [0.25, 0.3) is 0 Å². The van der Waals surface area contributed by atoms with Crippen LogP contribution in [0.15, 0.2) is 0 Å². The largest absolute Gasteiger partial charge is 0.468 e. The van der Waals surface area contributed by atoms with Crippen molar-refractivity contribution >= 4 is 20.0 Å². The van der Waals surface area contributed by atoms with Crippen molar-refractivity contribution in [1.29, 1.82) is 0 Å². The van der Waals surface area contributed by atoms with Crippen LogP contribution >= 0.6 is 0 Å². The summed E-state index contributed by atoms with van der Waals surface area (Å²) in [5.74, 6) is 0.0704. The molecule has 0 aromatic carbocycles. The Morgan fingerprint density at radius 2 is 1.38 bits per heavy atom. The molecule has 1 aliphatic rings. The Kier molecular flexibility index (Phi) is 9.35. The average molecular weight is 385 g/mol. The molecular weight excluding hydrogens is 344 g/mol. The maximum absolute atomic E-state index is 12.6. The standard InChI is InChI=1S/C21H40O4Si/c1-7-11-12-13-17-14-21(19(22)24-5,20(23)25-6)15-18(17)16-26(8-2,9-3)10-4/h17-18H,7-16H2,1-6H3/t17-,18+/m1/s1. The Morgan fingerprint density at radius 1 is 0.885 bits per heavy atom. The molecule has 0 saturated heterocycles. The van der Waals surface area contributed by atoms with Crippen molar-refractivity contribution in [2.75, 3.05) is 14.2 Å². The zero-order chi connectivity index (χ0) is 19.8. The number of carbonyl (C=O) groups is 2. The van der Waals surface area contributed by atoms with Gasteiger partial charge in [0.1, 0.15) is 0 Å². The number of esters is 2. The van der Waals surface area contributed by atoms with Gasteiger partial charge < -0.3 is 9.47 Å². The molecule has 26 heavy (non-hydrogen) atoms. The number of carbonyl (C=O) groups excluding carboxylic acids is 2. The van der Waals surface area contributed by atoms with Gasteiger partial charge in [-0.25, -0.2) is 0 Å². The van der Waals surface area contributed by atoms with Crippen molar-refractivity contribution in [3.8, 4) is 0 Å². The average Bonchev–Trinajstić information content (AvgIpc) is 3.04. The third-order valence-electron chi connectivity index (χ3n) is 7.16. The van der Waals surface area contributed by atoms with E-state index >= 15 is 0 Å². The van der Waals surface area contributed by atoms with Gasteiger partial charge in [0.15, 0.2) is 5.41 Å². The minimum absolute atomic E-state index is 0.399. The molecule has 0 N–H and O–H groups in total. The predicted octanol–water partition coefficient (Wildman–Crippen LogP) is 5.43. The number of hydrogen-bond acceptors (Lipinski definition) is 4. The number of hydrogen-bond donors (Lipinski definition) is 0. The summed E-state index contributed by atoms with van der Waals surface area (Å²) in [6, 6.07) is 5.06. The highest BCUT2D eigenvalue weighted by molar-refractivity contribution is 6.79. The van der Waals surface area contributed by atoms with Gasteiger partial charge in [0.2, 0.25) is 0 Å². The van der Waals surface area contributed by atoms with Gasteiger partial charge in [0.25, 0.3) is 0 Å². The minimum atomic E-state index is -1.33. The fourth-order valence-corrected chi connectivity index (χ4v) is 9.05. The summed E-state index contributed by atoms with van der Waals surface area (Å²) in [7, 11) is 1.44. The van der Waals surface area contributed by atoms with Gasteiger partial charge in [0, 0.05) is 0 Å². The maximum Gasteiger partial charge on any atom is 0.323 e. The lowest BCUT2D eigenvalue weighted by Crippen LogP contribution is -2.40. The van der Waals surface area contributed by atoms with E-state index in [2.05, 4.69) is 27.7 Å². The van der Waals surface area contributed by atoms with E-state index in [1.54, 1.807) is 0 Å². The van der Waals surface area contributed by atoms with E-state index in [-0.39, 0.29) is 0 Å². The molecule has 0 bridgehead atoms. The zero-order valence-corrected chi connectivity index (χ0v) is 18.9. The van der Waals surface area contributed by atoms with Gasteiger partial charge in [-0.05, 0) is 24.7 Å². The van der Waals surface area contributed by atoms with E-state index in [0.717, 1.165) is 6.42 Å². The molecule has 4 nitrogen and oxygen atoms in total. The predicted molar refractivity (Wildman–Crippen MR) is 109 cm³/mol. The molecule has 1 aliphatic carbocycles. The van der Waals surface area contributed by atoms with Crippen LogP contribution in [0.3, 0.4) is 0 Å². The second kappa shape index (κ2) is 10.5. The van der Waals surface area contributed by atoms with E-state index in [4.69, 9.17) is 9.47 Å². The first-order valence-electron chi connectivity index (χ1n) is 10.5. The second-order valence-corrected chi connectivity index (χ2v) is 13.8. The third kappa shape index (κ3) is 4.90. The highest BCUT2D eigenvalue weighted by Gasteiger charge is 2.57. The van der Waals surface area contributed by atoms with E-state index in [1.807, 2.05) is 0 Å². The molecule has 1 fully saturated rings. The van der Waals surface area contributed by atoms with Gasteiger partial charge in [-0.15, -0.1) is 0 Å². The molecule has 0 radical (unpaired) electrons. The molecule has 0 unspecified atom stereocenters. The Hall–Kier alpha value is -0.843. The molecule has 0 aliphatic heterocycles. The van der Waals surface area contributed by atoms with Crippen molar-refractivity contribution in [3.63, 3.8) is 0 Å². The van der Waals surface area contributed by atoms with Gasteiger partial charge in [0.05, 0.1) is 22.3 Å². The lowest BCUT2D eigenvalue weighted by atomic mass is 9.84. The molecule has 0 spiro atoms. The van der Waals surface area contributed by atoms with Crippen LogP contribution in [0.2, 0.25) is 24.2 Å². The van der Waals surface area contributed by atoms with Gasteiger partial charge in [-0.1, -0.05) is 77.6 Å². The summed E-state index contributed by atoms with van der Waals surface area (Å²) >= 11 is 0. The Balaban J connectivity index is 3.13. The molecular formula is C21H40O4Si. The van der Waals surface area contributed by atoms with Crippen LogP contribution < -0.4 is 0 Å². The molecule has 152 valence electrons. The number of unbranched alkanes of at least 4 members (excludes halogenated alkanes) is 2. The molecule has 2 atom stereocenters. The smallest absolute Gasteiger partial charge is 0.323 e. The SMILES string of the molecule is CCCCC[C@@H]1CC(C(=O)OC)(C(=O)OC)C[C@H]1C[Si](CC)(CC)CC. The summed E-state index contributed by atoms with van der Waals surface area (Å²) < 4.78 is 10.1. The van der Waals surface area contributed by atoms with E-state index in [1.165, 1.54) is 57.7 Å². The number of ether oxygens (including phenoxy) is 2. The van der Waals surface area contributed by atoms with Gasteiger partial charge in [-0.3, -0.25) is 9.59 Å². The van der Waals surface area contributed by atoms with Crippen LogP contribution in [0.5, 0.6) is 0 Å². The summed E-state index contributed by atoms with van der Waals surface area (Å²) in [5, 5.41) is 0. The van der Waals surface area contributed by atoms with Gasteiger partial charge >= 0.3 is 11.9 Å². The Morgan fingerprint density at radius 3 is 1.81 bits per heavy atom. The monoisotopic (exact) mass is 384 g/mol. The van der Waals surface area contributed by atoms with Crippen LogP contribution in [0, 0.1) is 17.3 Å². The van der Waals surface area contributed by atoms with E-state index in [0.29, 0.717) is 24.7 Å². The second-order valence-electron chi connectivity index (χ2n) is 8.25. The normalized spacial score (nSPS) is 22.2. The third-order valence-corrected chi connectivity index (χ3v) is 13.1. The molecule has 0 aromatic heterocycles. The van der Waals surface area contributed by atoms with Crippen LogP contribution in [0.1, 0.15) is 66.2 Å². The van der Waals surface area contributed by atoms with Crippen LogP contribution in [0.4, 0.5) is 0 Å². The highest BCUT2D eigenvalue weighted by atomic mass is 28.3. The quantitative estimate of drug-likeness (QED) is 0.206. The molecule has 0 amide bonds. The van der Waals surface area contributed by atoms with Crippen LogP contribution in [-0.4, -0.2) is 34.2 Å². The lowest BCUT2D eigenvalue weighted by molar-refractivity contribution is -0.169. The highest BCUT2D eigenvalue weighted by Crippen LogP contribution is 2.52. The Bertz CT molecular complexity index is 435. The van der Waals surface area contributed by atoms with Crippen molar-refractivity contribution < 1.29 is 19.1 Å².